The largest absolute Gasteiger partial charge is 0.456 e. The highest BCUT2D eigenvalue weighted by molar-refractivity contribution is 6.30. The van der Waals surface area contributed by atoms with Gasteiger partial charge in [-0.3, -0.25) is 9.59 Å². The molecule has 1 unspecified atom stereocenters. The number of rotatable bonds is 7. The van der Waals surface area contributed by atoms with Crippen LogP contribution < -0.4 is 10.9 Å². The second-order valence-electron chi connectivity index (χ2n) is 7.21. The summed E-state index contributed by atoms with van der Waals surface area (Å²) in [6.07, 6.45) is 3.13. The summed E-state index contributed by atoms with van der Waals surface area (Å²) in [5.41, 5.74) is 1.26. The van der Waals surface area contributed by atoms with Gasteiger partial charge in [0.2, 0.25) is 5.56 Å². The van der Waals surface area contributed by atoms with Gasteiger partial charge in [-0.1, -0.05) is 29.8 Å². The number of hydrogen-bond acceptors (Lipinski definition) is 6. The van der Waals surface area contributed by atoms with Crippen LogP contribution in [0.15, 0.2) is 77.9 Å². The van der Waals surface area contributed by atoms with E-state index in [0.29, 0.717) is 27.5 Å². The number of pyridine rings is 1. The molecular weight excluding hydrogens is 444 g/mol. The molecule has 2 aromatic heterocycles. The molecule has 2 aromatic carbocycles. The van der Waals surface area contributed by atoms with Crippen LogP contribution in [0.3, 0.4) is 0 Å². The van der Waals surface area contributed by atoms with Gasteiger partial charge < -0.3 is 15.0 Å². The van der Waals surface area contributed by atoms with Gasteiger partial charge in [0.1, 0.15) is 6.04 Å². The number of aromatic nitrogens is 3. The number of amides is 1. The van der Waals surface area contributed by atoms with Crippen molar-refractivity contribution in [3.63, 3.8) is 0 Å². The van der Waals surface area contributed by atoms with Gasteiger partial charge in [0, 0.05) is 46.4 Å². The number of ether oxygens (including phenoxy) is 1. The zero-order chi connectivity index (χ0) is 23.2. The minimum atomic E-state index is -1.05. The summed E-state index contributed by atoms with van der Waals surface area (Å²) in [6.45, 7) is -0.150. The van der Waals surface area contributed by atoms with Crippen molar-refractivity contribution in [2.75, 3.05) is 0 Å². The van der Waals surface area contributed by atoms with Gasteiger partial charge in [0.25, 0.3) is 5.91 Å². The second-order valence-corrected chi connectivity index (χ2v) is 7.65. The number of halogens is 1. The standard InChI is InChI=1S/C24H19ClN4O4/c25-17-8-6-15(7-9-17)23(31)29-20(24(32)33-14-21-26-10-3-11-27-21)12-16-13-22(30)28-19-5-2-1-4-18(16)19/h1-11,13,20H,12,14H2,(H,28,30)(H,29,31). The number of nitrogens with zero attached hydrogens (tertiary/aromatic N) is 2. The number of esters is 1. The molecule has 2 heterocycles. The minimum Gasteiger partial charge on any atom is -0.456 e. The van der Waals surface area contributed by atoms with Crippen molar-refractivity contribution in [2.45, 2.75) is 19.1 Å². The maximum Gasteiger partial charge on any atom is 0.329 e. The maximum absolute atomic E-state index is 13.0. The monoisotopic (exact) mass is 462 g/mol. The first kappa shape index (κ1) is 22.2. The van der Waals surface area contributed by atoms with Crippen molar-refractivity contribution in [2.24, 2.45) is 0 Å². The van der Waals surface area contributed by atoms with E-state index in [4.69, 9.17) is 16.3 Å². The van der Waals surface area contributed by atoms with E-state index in [1.54, 1.807) is 54.9 Å². The number of carbonyl (C=O) groups excluding carboxylic acids is 2. The number of carbonyl (C=O) groups is 2. The highest BCUT2D eigenvalue weighted by Gasteiger charge is 2.25. The van der Waals surface area contributed by atoms with Crippen LogP contribution >= 0.6 is 11.6 Å². The third-order valence-electron chi connectivity index (χ3n) is 4.92. The average Bonchev–Trinajstić information content (AvgIpc) is 2.83. The van der Waals surface area contributed by atoms with E-state index in [-0.39, 0.29) is 18.6 Å². The van der Waals surface area contributed by atoms with Crippen LogP contribution in [0.1, 0.15) is 21.7 Å². The molecule has 0 saturated carbocycles. The molecule has 4 aromatic rings. The lowest BCUT2D eigenvalue weighted by Crippen LogP contribution is -2.43. The number of benzene rings is 2. The Morgan fingerprint density at radius 1 is 1.03 bits per heavy atom. The first-order valence-electron chi connectivity index (χ1n) is 10.1. The van der Waals surface area contributed by atoms with Crippen LogP contribution in [-0.4, -0.2) is 32.9 Å². The van der Waals surface area contributed by atoms with Gasteiger partial charge in [-0.05, 0) is 42.0 Å². The van der Waals surface area contributed by atoms with Crippen LogP contribution in [0, 0.1) is 0 Å². The molecule has 0 aliphatic carbocycles. The van der Waals surface area contributed by atoms with Crippen molar-refractivity contribution in [1.29, 1.82) is 0 Å². The molecule has 1 amide bonds. The Bertz CT molecular complexity index is 1340. The highest BCUT2D eigenvalue weighted by Crippen LogP contribution is 2.17. The van der Waals surface area contributed by atoms with Crippen molar-refractivity contribution in [3.05, 3.63) is 105 Å². The van der Waals surface area contributed by atoms with Gasteiger partial charge in [0.15, 0.2) is 12.4 Å². The van der Waals surface area contributed by atoms with Gasteiger partial charge in [0.05, 0.1) is 0 Å². The molecule has 8 nitrogen and oxygen atoms in total. The molecule has 33 heavy (non-hydrogen) atoms. The highest BCUT2D eigenvalue weighted by atomic mass is 35.5. The fraction of sp³-hybridized carbons (Fsp3) is 0.125. The summed E-state index contributed by atoms with van der Waals surface area (Å²) in [5.74, 6) is -0.817. The molecule has 9 heteroatoms. The Kier molecular flexibility index (Phi) is 6.75. The van der Waals surface area contributed by atoms with Gasteiger partial charge >= 0.3 is 5.97 Å². The number of aromatic amines is 1. The number of nitrogens with one attached hydrogen (secondary N) is 2. The fourth-order valence-electron chi connectivity index (χ4n) is 3.34. The Balaban J connectivity index is 1.60. The quantitative estimate of drug-likeness (QED) is 0.408. The fourth-order valence-corrected chi connectivity index (χ4v) is 3.47. The lowest BCUT2D eigenvalue weighted by Gasteiger charge is -2.18. The SMILES string of the molecule is O=C(NC(Cc1cc(=O)[nH]c2ccccc12)C(=O)OCc1ncccn1)c1ccc(Cl)cc1. The van der Waals surface area contributed by atoms with Crippen LogP contribution in [0.2, 0.25) is 5.02 Å². The molecule has 0 radical (unpaired) electrons. The molecule has 0 bridgehead atoms. The third kappa shape index (κ3) is 5.61. The summed E-state index contributed by atoms with van der Waals surface area (Å²) >= 11 is 5.90. The summed E-state index contributed by atoms with van der Waals surface area (Å²) in [6, 6.07) is 15.5. The van der Waals surface area contributed by atoms with Crippen molar-refractivity contribution < 1.29 is 14.3 Å². The minimum absolute atomic E-state index is 0.0538. The number of hydrogen-bond donors (Lipinski definition) is 2. The van der Waals surface area contributed by atoms with E-state index < -0.39 is 17.9 Å². The van der Waals surface area contributed by atoms with E-state index >= 15 is 0 Å². The molecule has 0 aliphatic rings. The summed E-state index contributed by atoms with van der Waals surface area (Å²) < 4.78 is 5.37. The van der Waals surface area contributed by atoms with Crippen molar-refractivity contribution in [1.82, 2.24) is 20.3 Å². The number of H-pyrrole nitrogens is 1. The lowest BCUT2D eigenvalue weighted by atomic mass is 10.0. The zero-order valence-corrected chi connectivity index (χ0v) is 18.1. The number of para-hydroxylation sites is 1. The smallest absolute Gasteiger partial charge is 0.329 e. The predicted molar refractivity (Wildman–Crippen MR) is 123 cm³/mol. The molecule has 0 fully saturated rings. The second kappa shape index (κ2) is 10.1. The molecule has 4 rings (SSSR count). The first-order valence-corrected chi connectivity index (χ1v) is 10.5. The average molecular weight is 463 g/mol. The van der Waals surface area contributed by atoms with E-state index in [0.717, 1.165) is 5.39 Å². The van der Waals surface area contributed by atoms with E-state index in [1.807, 2.05) is 12.1 Å². The molecular formula is C24H19ClN4O4. The maximum atomic E-state index is 13.0. The topological polar surface area (TPSA) is 114 Å². The summed E-state index contributed by atoms with van der Waals surface area (Å²) in [5, 5.41) is 3.96. The van der Waals surface area contributed by atoms with E-state index in [9.17, 15) is 14.4 Å². The summed E-state index contributed by atoms with van der Waals surface area (Å²) in [7, 11) is 0. The molecule has 0 saturated heterocycles. The van der Waals surface area contributed by atoms with Crippen molar-refractivity contribution >= 4 is 34.4 Å². The van der Waals surface area contributed by atoms with E-state index in [2.05, 4.69) is 20.3 Å². The van der Waals surface area contributed by atoms with Gasteiger partial charge in [-0.15, -0.1) is 0 Å². The third-order valence-corrected chi connectivity index (χ3v) is 5.17. The Morgan fingerprint density at radius 3 is 2.52 bits per heavy atom. The molecule has 0 spiro atoms. The van der Waals surface area contributed by atoms with Gasteiger partial charge in [-0.25, -0.2) is 14.8 Å². The Labute approximate surface area is 193 Å². The number of fused-ring (bicyclic) bond motifs is 1. The van der Waals surface area contributed by atoms with Crippen LogP contribution in [-0.2, 0) is 22.6 Å². The van der Waals surface area contributed by atoms with Gasteiger partial charge in [-0.2, -0.15) is 0 Å². The molecule has 166 valence electrons. The Hall–Kier alpha value is -4.04. The molecule has 0 aliphatic heterocycles. The van der Waals surface area contributed by atoms with E-state index in [1.165, 1.54) is 6.07 Å². The zero-order valence-electron chi connectivity index (χ0n) is 17.3. The Morgan fingerprint density at radius 2 is 1.76 bits per heavy atom. The first-order chi connectivity index (χ1) is 16.0. The van der Waals surface area contributed by atoms with Crippen LogP contribution in [0.5, 0.6) is 0 Å². The van der Waals surface area contributed by atoms with Crippen molar-refractivity contribution in [3.8, 4) is 0 Å². The van der Waals surface area contributed by atoms with Crippen LogP contribution in [0.4, 0.5) is 0 Å². The predicted octanol–water partition coefficient (Wildman–Crippen LogP) is 3.06. The molecule has 2 N–H and O–H groups in total. The van der Waals surface area contributed by atoms with Crippen LogP contribution in [0.25, 0.3) is 10.9 Å². The molecule has 1 atom stereocenters. The lowest BCUT2D eigenvalue weighted by molar-refractivity contribution is -0.147. The summed E-state index contributed by atoms with van der Waals surface area (Å²) in [4.78, 5) is 48.8. The normalized spacial score (nSPS) is 11.7.